The largest absolute Gasteiger partial charge is 0.481 e. The molecule has 1 aliphatic carbocycles. The second-order valence-electron chi connectivity index (χ2n) is 8.04. The van der Waals surface area contributed by atoms with Gasteiger partial charge in [-0.05, 0) is 17.5 Å². The SMILES string of the molecule is CC(C)C1(c2ccc3c4[nH]ncc4c(=O)n(CC(F)(F)F)c3c2)C=CC=CC1C(=O)O. The fourth-order valence-corrected chi connectivity index (χ4v) is 4.58. The molecule has 2 atom stereocenters. The topological polar surface area (TPSA) is 88.0 Å². The number of allylic oxidation sites excluding steroid dienone is 3. The summed E-state index contributed by atoms with van der Waals surface area (Å²) in [6.07, 6.45) is 3.34. The van der Waals surface area contributed by atoms with Crippen LogP contribution in [0.1, 0.15) is 19.4 Å². The minimum atomic E-state index is -4.61. The van der Waals surface area contributed by atoms with Gasteiger partial charge in [0.2, 0.25) is 0 Å². The Morgan fingerprint density at radius 2 is 2.03 bits per heavy atom. The first-order chi connectivity index (χ1) is 14.6. The molecule has 0 radical (unpaired) electrons. The number of aromatic nitrogens is 3. The molecule has 0 saturated heterocycles. The molecule has 2 heterocycles. The van der Waals surface area contributed by atoms with Crippen molar-refractivity contribution < 1.29 is 23.1 Å². The van der Waals surface area contributed by atoms with Crippen molar-refractivity contribution in [2.24, 2.45) is 11.8 Å². The zero-order valence-corrected chi connectivity index (χ0v) is 16.8. The van der Waals surface area contributed by atoms with Gasteiger partial charge >= 0.3 is 12.1 Å². The molecule has 2 N–H and O–H groups in total. The van der Waals surface area contributed by atoms with Crippen molar-refractivity contribution in [3.05, 3.63) is 64.6 Å². The van der Waals surface area contributed by atoms with Crippen LogP contribution in [0.2, 0.25) is 0 Å². The average Bonchev–Trinajstić information content (AvgIpc) is 3.20. The normalized spacial score (nSPS) is 21.4. The van der Waals surface area contributed by atoms with E-state index in [0.717, 1.165) is 0 Å². The lowest BCUT2D eigenvalue weighted by molar-refractivity contribution is -0.142. The summed E-state index contributed by atoms with van der Waals surface area (Å²) < 4.78 is 40.6. The van der Waals surface area contributed by atoms with Crippen LogP contribution in [0, 0.1) is 11.8 Å². The fourth-order valence-electron chi connectivity index (χ4n) is 4.58. The summed E-state index contributed by atoms with van der Waals surface area (Å²) in [5.41, 5.74) is -0.854. The Labute approximate surface area is 174 Å². The first kappa shape index (κ1) is 20.9. The zero-order valence-electron chi connectivity index (χ0n) is 16.8. The summed E-state index contributed by atoms with van der Waals surface area (Å²) in [4.78, 5) is 24.9. The van der Waals surface area contributed by atoms with Gasteiger partial charge in [0.1, 0.15) is 6.54 Å². The number of carboxylic acid groups (broad SMARTS) is 1. The van der Waals surface area contributed by atoms with E-state index < -0.39 is 35.6 Å². The van der Waals surface area contributed by atoms with E-state index in [-0.39, 0.29) is 16.8 Å². The highest BCUT2D eigenvalue weighted by atomic mass is 19.4. The van der Waals surface area contributed by atoms with Crippen LogP contribution >= 0.6 is 0 Å². The van der Waals surface area contributed by atoms with Gasteiger partial charge in [0.05, 0.1) is 28.5 Å². The van der Waals surface area contributed by atoms with Crippen LogP contribution < -0.4 is 5.56 Å². The van der Waals surface area contributed by atoms with Crippen molar-refractivity contribution in [1.29, 1.82) is 0 Å². The Morgan fingerprint density at radius 1 is 1.29 bits per heavy atom. The molecule has 0 fully saturated rings. The molecule has 3 aromatic rings. The number of pyridine rings is 1. The lowest BCUT2D eigenvalue weighted by Crippen LogP contribution is -2.43. The molecular weight excluding hydrogens is 411 g/mol. The molecule has 162 valence electrons. The van der Waals surface area contributed by atoms with Gasteiger partial charge in [-0.25, -0.2) is 0 Å². The number of H-pyrrole nitrogens is 1. The van der Waals surface area contributed by atoms with E-state index in [2.05, 4.69) is 10.2 Å². The number of carboxylic acids is 1. The minimum absolute atomic E-state index is 0.0620. The van der Waals surface area contributed by atoms with Gasteiger partial charge in [-0.3, -0.25) is 19.3 Å². The second-order valence-corrected chi connectivity index (χ2v) is 8.04. The average molecular weight is 431 g/mol. The summed E-state index contributed by atoms with van der Waals surface area (Å²) >= 11 is 0. The molecule has 0 amide bonds. The number of hydrogen-bond acceptors (Lipinski definition) is 3. The minimum Gasteiger partial charge on any atom is -0.481 e. The number of aromatic amines is 1. The summed E-state index contributed by atoms with van der Waals surface area (Å²) in [6.45, 7) is 2.27. The van der Waals surface area contributed by atoms with Gasteiger partial charge in [-0.2, -0.15) is 18.3 Å². The van der Waals surface area contributed by atoms with Crippen LogP contribution in [0.3, 0.4) is 0 Å². The van der Waals surface area contributed by atoms with Crippen molar-refractivity contribution in [3.63, 3.8) is 0 Å². The summed E-state index contributed by atoms with van der Waals surface area (Å²) in [7, 11) is 0. The molecule has 4 rings (SSSR count). The Bertz CT molecular complexity index is 1300. The number of aliphatic carboxylic acids is 1. The molecule has 0 bridgehead atoms. The Balaban J connectivity index is 2.07. The number of rotatable bonds is 4. The summed E-state index contributed by atoms with van der Waals surface area (Å²) in [6, 6.07) is 4.83. The molecule has 31 heavy (non-hydrogen) atoms. The van der Waals surface area contributed by atoms with Crippen LogP contribution in [-0.2, 0) is 16.8 Å². The van der Waals surface area contributed by atoms with E-state index in [1.165, 1.54) is 12.3 Å². The summed E-state index contributed by atoms with van der Waals surface area (Å²) in [5, 5.41) is 16.8. The lowest BCUT2D eigenvalue weighted by Gasteiger charge is -2.41. The number of fused-ring (bicyclic) bond motifs is 3. The maximum atomic E-state index is 13.3. The number of benzene rings is 1. The van der Waals surface area contributed by atoms with Crippen LogP contribution in [0.5, 0.6) is 0 Å². The number of nitrogens with zero attached hydrogens (tertiary/aromatic N) is 2. The van der Waals surface area contributed by atoms with Crippen LogP contribution in [0.4, 0.5) is 13.2 Å². The third-order valence-electron chi connectivity index (χ3n) is 6.03. The monoisotopic (exact) mass is 431 g/mol. The van der Waals surface area contributed by atoms with Gasteiger partial charge < -0.3 is 5.11 Å². The van der Waals surface area contributed by atoms with E-state index in [0.29, 0.717) is 21.0 Å². The van der Waals surface area contributed by atoms with Crippen molar-refractivity contribution >= 4 is 27.8 Å². The highest BCUT2D eigenvalue weighted by Crippen LogP contribution is 2.44. The maximum absolute atomic E-state index is 13.3. The van der Waals surface area contributed by atoms with E-state index in [4.69, 9.17) is 0 Å². The van der Waals surface area contributed by atoms with Crippen molar-refractivity contribution in [2.45, 2.75) is 32.0 Å². The molecule has 1 aliphatic rings. The predicted molar refractivity (Wildman–Crippen MR) is 110 cm³/mol. The number of carbonyl (C=O) groups is 1. The molecule has 1 aromatic carbocycles. The van der Waals surface area contributed by atoms with E-state index >= 15 is 0 Å². The molecule has 9 heteroatoms. The van der Waals surface area contributed by atoms with Crippen molar-refractivity contribution in [3.8, 4) is 0 Å². The van der Waals surface area contributed by atoms with Gasteiger partial charge in [0.15, 0.2) is 0 Å². The predicted octanol–water partition coefficient (Wildman–Crippen LogP) is 4.16. The third-order valence-corrected chi connectivity index (χ3v) is 6.03. The van der Waals surface area contributed by atoms with Gasteiger partial charge in [-0.15, -0.1) is 0 Å². The number of hydrogen-bond donors (Lipinski definition) is 2. The lowest BCUT2D eigenvalue weighted by atomic mass is 9.61. The molecule has 0 aliphatic heterocycles. The quantitative estimate of drug-likeness (QED) is 0.649. The number of halogens is 3. The molecule has 0 spiro atoms. The van der Waals surface area contributed by atoms with Gasteiger partial charge in [0.25, 0.3) is 5.56 Å². The van der Waals surface area contributed by atoms with Gasteiger partial charge in [-0.1, -0.05) is 50.3 Å². The maximum Gasteiger partial charge on any atom is 0.406 e. The first-order valence-corrected chi connectivity index (χ1v) is 9.72. The molecular formula is C22H20F3N3O3. The highest BCUT2D eigenvalue weighted by Gasteiger charge is 2.45. The van der Waals surface area contributed by atoms with E-state index in [1.54, 1.807) is 36.4 Å². The Morgan fingerprint density at radius 3 is 2.68 bits per heavy atom. The smallest absolute Gasteiger partial charge is 0.406 e. The number of nitrogens with one attached hydrogen (secondary N) is 1. The first-order valence-electron chi connectivity index (χ1n) is 9.72. The van der Waals surface area contributed by atoms with E-state index in [9.17, 15) is 27.9 Å². The Hall–Kier alpha value is -3.36. The molecule has 2 aromatic heterocycles. The standard InChI is InChI=1S/C22H20F3N3O3/c1-12(2)21(8-4-3-5-16(21)20(30)31)13-6-7-14-17(9-13)28(11-22(23,24)25)19(29)15-10-26-27-18(14)15/h3-10,12,16H,11H2,1-2H3,(H,26,27)(H,30,31). The van der Waals surface area contributed by atoms with Crippen LogP contribution in [-0.4, -0.2) is 32.0 Å². The zero-order chi connectivity index (χ0) is 22.6. The highest BCUT2D eigenvalue weighted by molar-refractivity contribution is 6.03. The Kier molecular flexibility index (Phi) is 4.79. The van der Waals surface area contributed by atoms with Crippen molar-refractivity contribution in [2.75, 3.05) is 0 Å². The third kappa shape index (κ3) is 3.24. The van der Waals surface area contributed by atoms with Gasteiger partial charge in [0, 0.05) is 10.8 Å². The molecule has 6 nitrogen and oxygen atoms in total. The molecule has 2 unspecified atom stereocenters. The fraction of sp³-hybridized carbons (Fsp3) is 0.318. The summed E-state index contributed by atoms with van der Waals surface area (Å²) in [5.74, 6) is -2.13. The van der Waals surface area contributed by atoms with Crippen molar-refractivity contribution in [1.82, 2.24) is 14.8 Å². The van der Waals surface area contributed by atoms with Crippen LogP contribution in [0.25, 0.3) is 21.8 Å². The van der Waals surface area contributed by atoms with E-state index in [1.807, 2.05) is 13.8 Å². The van der Waals surface area contributed by atoms with Crippen LogP contribution in [0.15, 0.2) is 53.5 Å². The number of alkyl halides is 3. The second kappa shape index (κ2) is 7.11. The molecule has 0 saturated carbocycles.